The van der Waals surface area contributed by atoms with Gasteiger partial charge >= 0.3 is 12.1 Å². The molecule has 9 heteroatoms. The number of esters is 1. The van der Waals surface area contributed by atoms with Crippen LogP contribution in [0.5, 0.6) is 0 Å². The topological polar surface area (TPSA) is 60.7 Å². The first kappa shape index (κ1) is 19.8. The lowest BCUT2D eigenvalue weighted by Gasteiger charge is -2.06. The number of fused-ring (bicyclic) bond motifs is 1. The molecule has 0 N–H and O–H groups in total. The number of hydrogen-bond donors (Lipinski definition) is 0. The quantitative estimate of drug-likeness (QED) is 0.617. The van der Waals surface area contributed by atoms with Gasteiger partial charge in [0.15, 0.2) is 4.80 Å². The number of aromatic nitrogens is 1. The zero-order valence-corrected chi connectivity index (χ0v) is 15.7. The van der Waals surface area contributed by atoms with Gasteiger partial charge in [0.05, 0.1) is 22.9 Å². The number of amides is 1. The molecule has 0 atom stereocenters. The number of thiazole rings is 1. The lowest BCUT2D eigenvalue weighted by atomic mass is 10.1. The summed E-state index contributed by atoms with van der Waals surface area (Å²) in [5.41, 5.74) is 0.882. The van der Waals surface area contributed by atoms with Crippen LogP contribution >= 0.6 is 11.3 Å². The van der Waals surface area contributed by atoms with Gasteiger partial charge in [-0.3, -0.25) is 9.59 Å². The highest BCUT2D eigenvalue weighted by atomic mass is 32.1. The molecule has 3 aromatic rings. The van der Waals surface area contributed by atoms with Gasteiger partial charge in [0, 0.05) is 5.56 Å². The zero-order valence-electron chi connectivity index (χ0n) is 14.9. The maximum atomic E-state index is 12.7. The van der Waals surface area contributed by atoms with Crippen molar-refractivity contribution in [1.82, 2.24) is 4.57 Å². The molecule has 0 aliphatic rings. The molecule has 0 aliphatic carbocycles. The third-order valence-electron chi connectivity index (χ3n) is 4.01. The van der Waals surface area contributed by atoms with E-state index in [9.17, 15) is 22.8 Å². The van der Waals surface area contributed by atoms with Crippen molar-refractivity contribution in [2.45, 2.75) is 19.6 Å². The second kappa shape index (κ2) is 7.59. The molecule has 5 nitrogen and oxygen atoms in total. The molecule has 0 fully saturated rings. The average Bonchev–Trinajstić information content (AvgIpc) is 2.97. The lowest BCUT2D eigenvalue weighted by Crippen LogP contribution is -2.22. The van der Waals surface area contributed by atoms with Crippen LogP contribution in [0.25, 0.3) is 10.2 Å². The molecule has 0 saturated carbocycles. The summed E-state index contributed by atoms with van der Waals surface area (Å²) in [7, 11) is 1.26. The van der Waals surface area contributed by atoms with Crippen LogP contribution in [-0.4, -0.2) is 23.6 Å². The largest absolute Gasteiger partial charge is 0.468 e. The van der Waals surface area contributed by atoms with E-state index in [1.165, 1.54) is 18.4 Å². The fourth-order valence-corrected chi connectivity index (χ4v) is 3.69. The molecule has 28 heavy (non-hydrogen) atoms. The Labute approximate surface area is 161 Å². The molecule has 0 radical (unpaired) electrons. The predicted molar refractivity (Wildman–Crippen MR) is 97.9 cm³/mol. The molecule has 1 amide bonds. The SMILES string of the molecule is COC(=O)Cn1c(=NC(=O)c2ccc(C(F)(F)F)cc2)sc2cc(C)ccc21. The number of rotatable bonds is 3. The second-order valence-electron chi connectivity index (χ2n) is 6.01. The fraction of sp³-hybridized carbons (Fsp3) is 0.211. The number of halogens is 3. The number of carbonyl (C=O) groups is 2. The van der Waals surface area contributed by atoms with E-state index in [0.717, 1.165) is 34.5 Å². The summed E-state index contributed by atoms with van der Waals surface area (Å²) in [5.74, 6) is -1.21. The maximum Gasteiger partial charge on any atom is 0.416 e. The van der Waals surface area contributed by atoms with Crippen molar-refractivity contribution in [2.24, 2.45) is 4.99 Å². The minimum absolute atomic E-state index is 0.0197. The van der Waals surface area contributed by atoms with Crippen LogP contribution in [-0.2, 0) is 22.3 Å². The zero-order chi connectivity index (χ0) is 20.5. The molecule has 0 aliphatic heterocycles. The first-order chi connectivity index (χ1) is 13.2. The standard InChI is InChI=1S/C19H15F3N2O3S/c1-11-3-8-14-15(9-11)28-18(24(14)10-16(25)27-2)23-17(26)12-4-6-13(7-5-12)19(20,21)22/h3-9H,10H2,1-2H3. The van der Waals surface area contributed by atoms with Gasteiger partial charge in [0.25, 0.3) is 5.91 Å². The molecule has 0 bridgehead atoms. The normalized spacial score (nSPS) is 12.4. The molecule has 0 saturated heterocycles. The Kier molecular flexibility index (Phi) is 5.37. The molecule has 1 aromatic heterocycles. The van der Waals surface area contributed by atoms with Crippen molar-refractivity contribution in [3.05, 3.63) is 64.0 Å². The van der Waals surface area contributed by atoms with Gasteiger partial charge in [0.1, 0.15) is 6.54 Å². The Hall–Kier alpha value is -2.94. The number of ether oxygens (including phenoxy) is 1. The molecule has 0 spiro atoms. The Morgan fingerprint density at radius 1 is 1.14 bits per heavy atom. The highest BCUT2D eigenvalue weighted by Crippen LogP contribution is 2.29. The smallest absolute Gasteiger partial charge is 0.416 e. The Morgan fingerprint density at radius 2 is 1.82 bits per heavy atom. The number of methoxy groups -OCH3 is 1. The molecular formula is C19H15F3N2O3S. The average molecular weight is 408 g/mol. The second-order valence-corrected chi connectivity index (χ2v) is 7.02. The van der Waals surface area contributed by atoms with E-state index < -0.39 is 23.6 Å². The Balaban J connectivity index is 2.06. The third kappa shape index (κ3) is 4.14. The van der Waals surface area contributed by atoms with Gasteiger partial charge < -0.3 is 9.30 Å². The minimum atomic E-state index is -4.48. The van der Waals surface area contributed by atoms with Crippen LogP contribution in [0, 0.1) is 6.92 Å². The van der Waals surface area contributed by atoms with E-state index in [1.807, 2.05) is 25.1 Å². The van der Waals surface area contributed by atoms with Crippen LogP contribution in [0.3, 0.4) is 0 Å². The summed E-state index contributed by atoms with van der Waals surface area (Å²) in [6, 6.07) is 9.40. The molecule has 3 rings (SSSR count). The van der Waals surface area contributed by atoms with Gasteiger partial charge in [-0.15, -0.1) is 0 Å². The van der Waals surface area contributed by atoms with E-state index in [1.54, 1.807) is 4.57 Å². The molecule has 2 aromatic carbocycles. The number of benzene rings is 2. The Bertz CT molecular complexity index is 1110. The van der Waals surface area contributed by atoms with Crippen molar-refractivity contribution < 1.29 is 27.5 Å². The van der Waals surface area contributed by atoms with Gasteiger partial charge in [-0.25, -0.2) is 0 Å². The Morgan fingerprint density at radius 3 is 2.43 bits per heavy atom. The third-order valence-corrected chi connectivity index (χ3v) is 5.05. The summed E-state index contributed by atoms with van der Waals surface area (Å²) < 4.78 is 45.1. The summed E-state index contributed by atoms with van der Waals surface area (Å²) in [6.45, 7) is 1.77. The van der Waals surface area contributed by atoms with Crippen LogP contribution in [0.1, 0.15) is 21.5 Å². The van der Waals surface area contributed by atoms with Crippen molar-refractivity contribution in [3.63, 3.8) is 0 Å². The number of alkyl halides is 3. The lowest BCUT2D eigenvalue weighted by molar-refractivity contribution is -0.141. The number of aryl methyl sites for hydroxylation is 1. The predicted octanol–water partition coefficient (Wildman–Crippen LogP) is 3.94. The molecule has 1 heterocycles. The number of hydrogen-bond acceptors (Lipinski definition) is 4. The maximum absolute atomic E-state index is 12.7. The first-order valence-electron chi connectivity index (χ1n) is 8.12. The highest BCUT2D eigenvalue weighted by molar-refractivity contribution is 7.16. The van der Waals surface area contributed by atoms with Crippen molar-refractivity contribution >= 4 is 33.4 Å². The van der Waals surface area contributed by atoms with Crippen LogP contribution < -0.4 is 4.80 Å². The first-order valence-corrected chi connectivity index (χ1v) is 8.94. The number of carbonyl (C=O) groups excluding carboxylic acids is 2. The molecule has 146 valence electrons. The number of nitrogens with zero attached hydrogens (tertiary/aromatic N) is 2. The van der Waals surface area contributed by atoms with Crippen molar-refractivity contribution in [2.75, 3.05) is 7.11 Å². The van der Waals surface area contributed by atoms with Crippen LogP contribution in [0.2, 0.25) is 0 Å². The van der Waals surface area contributed by atoms with Gasteiger partial charge in [0.2, 0.25) is 0 Å². The van der Waals surface area contributed by atoms with Gasteiger partial charge in [-0.2, -0.15) is 18.2 Å². The molecule has 0 unspecified atom stereocenters. The summed E-state index contributed by atoms with van der Waals surface area (Å²) in [5, 5.41) is 0. The van der Waals surface area contributed by atoms with Gasteiger partial charge in [-0.05, 0) is 48.9 Å². The minimum Gasteiger partial charge on any atom is -0.468 e. The summed E-state index contributed by atoms with van der Waals surface area (Å²) in [6.07, 6.45) is -4.48. The van der Waals surface area contributed by atoms with Crippen molar-refractivity contribution in [1.29, 1.82) is 0 Å². The summed E-state index contributed by atoms with van der Waals surface area (Å²) in [4.78, 5) is 28.5. The van der Waals surface area contributed by atoms with E-state index in [4.69, 9.17) is 4.74 Å². The van der Waals surface area contributed by atoms with E-state index >= 15 is 0 Å². The van der Waals surface area contributed by atoms with E-state index in [2.05, 4.69) is 4.99 Å². The molecular weight excluding hydrogens is 393 g/mol. The van der Waals surface area contributed by atoms with E-state index in [0.29, 0.717) is 5.52 Å². The fourth-order valence-electron chi connectivity index (χ4n) is 2.57. The van der Waals surface area contributed by atoms with Crippen LogP contribution in [0.4, 0.5) is 13.2 Å². The van der Waals surface area contributed by atoms with Gasteiger partial charge in [-0.1, -0.05) is 17.4 Å². The highest BCUT2D eigenvalue weighted by Gasteiger charge is 2.30. The van der Waals surface area contributed by atoms with E-state index in [-0.39, 0.29) is 16.9 Å². The van der Waals surface area contributed by atoms with Crippen molar-refractivity contribution in [3.8, 4) is 0 Å². The van der Waals surface area contributed by atoms with Crippen LogP contribution in [0.15, 0.2) is 47.5 Å². The monoisotopic (exact) mass is 408 g/mol. The summed E-state index contributed by atoms with van der Waals surface area (Å²) >= 11 is 1.21.